The van der Waals surface area contributed by atoms with Gasteiger partial charge < -0.3 is 19.7 Å². The second kappa shape index (κ2) is 9.91. The number of carboxylic acids is 1. The molecule has 3 atom stereocenters. The third-order valence-corrected chi connectivity index (χ3v) is 6.52. The van der Waals surface area contributed by atoms with Crippen LogP contribution >= 0.6 is 0 Å². The molecule has 0 radical (unpaired) electrons. The van der Waals surface area contributed by atoms with Crippen LogP contribution in [0, 0.1) is 11.3 Å². The quantitative estimate of drug-likeness (QED) is 0.375. The van der Waals surface area contributed by atoms with Crippen LogP contribution in [-0.4, -0.2) is 57.3 Å². The summed E-state index contributed by atoms with van der Waals surface area (Å²) in [7, 11) is 0. The standard InChI is InChI=1S/C24H34N2O7/c1-6-18(20(28)33-7-2)19(27)25-24(21(29)30,23(3,4)5)14-11-15-26(25,22(31)32)16-17-12-9-8-10-13-17/h8-10,12-13,18H,6-7,11,14-16H2,1-5H3,(H-,29,30,31,32). The average molecular weight is 463 g/mol. The molecule has 0 spiro atoms. The van der Waals surface area contributed by atoms with Crippen molar-refractivity contribution in [2.24, 2.45) is 11.3 Å². The van der Waals surface area contributed by atoms with E-state index in [0.717, 1.165) is 5.01 Å². The number of hydrogen-bond donors (Lipinski definition) is 1. The Morgan fingerprint density at radius 3 is 2.24 bits per heavy atom. The molecule has 9 heteroatoms. The molecule has 1 heterocycles. The minimum absolute atomic E-state index is 0.0341. The van der Waals surface area contributed by atoms with Crippen LogP contribution in [0.2, 0.25) is 0 Å². The molecule has 1 saturated heterocycles. The van der Waals surface area contributed by atoms with E-state index in [9.17, 15) is 29.4 Å². The van der Waals surface area contributed by atoms with Gasteiger partial charge in [-0.25, -0.2) is 4.79 Å². The lowest BCUT2D eigenvalue weighted by molar-refractivity contribution is -0.997. The highest BCUT2D eigenvalue weighted by Gasteiger charge is 2.66. The summed E-state index contributed by atoms with van der Waals surface area (Å²) in [5.74, 6) is -4.34. The zero-order valence-electron chi connectivity index (χ0n) is 20.0. The van der Waals surface area contributed by atoms with Gasteiger partial charge in [0.2, 0.25) is 0 Å². The molecule has 3 unspecified atom stereocenters. The van der Waals surface area contributed by atoms with E-state index in [1.165, 1.54) is 0 Å². The van der Waals surface area contributed by atoms with Crippen molar-refractivity contribution in [3.05, 3.63) is 35.9 Å². The summed E-state index contributed by atoms with van der Waals surface area (Å²) in [6, 6.07) is 8.67. The number of quaternary nitrogens is 1. The van der Waals surface area contributed by atoms with Crippen LogP contribution in [0.4, 0.5) is 4.79 Å². The first-order valence-electron chi connectivity index (χ1n) is 11.3. The SMILES string of the molecule is CCOC(=O)C(CC)C(=O)N1C(C(=O)O)(C(C)(C)C)CCC[N+]1(Cc1ccccc1)C(=O)[O-]. The van der Waals surface area contributed by atoms with Gasteiger partial charge in [0.15, 0.2) is 5.54 Å². The third kappa shape index (κ3) is 4.59. The lowest BCUT2D eigenvalue weighted by Crippen LogP contribution is -2.81. The second-order valence-corrected chi connectivity index (χ2v) is 9.44. The van der Waals surface area contributed by atoms with Crippen molar-refractivity contribution in [3.63, 3.8) is 0 Å². The molecule has 1 aliphatic rings. The Morgan fingerprint density at radius 2 is 1.79 bits per heavy atom. The number of amides is 2. The number of esters is 1. The van der Waals surface area contributed by atoms with Gasteiger partial charge in [-0.2, -0.15) is 9.60 Å². The Morgan fingerprint density at radius 1 is 1.18 bits per heavy atom. The first kappa shape index (κ1) is 26.3. The normalized spacial score (nSPS) is 24.1. The van der Waals surface area contributed by atoms with Crippen molar-refractivity contribution in [2.45, 2.75) is 66.0 Å². The highest BCUT2D eigenvalue weighted by atomic mass is 16.5. The molecule has 0 saturated carbocycles. The highest BCUT2D eigenvalue weighted by molar-refractivity contribution is 6.00. The van der Waals surface area contributed by atoms with E-state index < -0.39 is 45.4 Å². The zero-order valence-corrected chi connectivity index (χ0v) is 20.0. The number of nitrogens with zero attached hydrogens (tertiary/aromatic N) is 2. The Hall–Kier alpha value is -2.94. The van der Waals surface area contributed by atoms with E-state index in [0.29, 0.717) is 5.56 Å². The van der Waals surface area contributed by atoms with Crippen molar-refractivity contribution < 1.29 is 38.7 Å². The summed E-state index contributed by atoms with van der Waals surface area (Å²) in [5, 5.41) is 24.2. The minimum Gasteiger partial charge on any atom is -0.496 e. The molecule has 1 aliphatic heterocycles. The number of carbonyl (C=O) groups excluding carboxylic acids is 3. The maximum atomic E-state index is 14.0. The summed E-state index contributed by atoms with van der Waals surface area (Å²) in [4.78, 5) is 52.3. The molecule has 0 bridgehead atoms. The summed E-state index contributed by atoms with van der Waals surface area (Å²) in [6.07, 6.45) is -1.28. The summed E-state index contributed by atoms with van der Waals surface area (Å²) >= 11 is 0. The number of benzene rings is 1. The lowest BCUT2D eigenvalue weighted by Gasteiger charge is -2.59. The Bertz CT molecular complexity index is 896. The molecule has 2 rings (SSSR count). The monoisotopic (exact) mass is 462 g/mol. The van der Waals surface area contributed by atoms with Crippen LogP contribution in [0.15, 0.2) is 30.3 Å². The fraction of sp³-hybridized carbons (Fsp3) is 0.583. The van der Waals surface area contributed by atoms with Gasteiger partial charge in [0.1, 0.15) is 19.0 Å². The fourth-order valence-corrected chi connectivity index (χ4v) is 4.82. The summed E-state index contributed by atoms with van der Waals surface area (Å²) in [6.45, 7) is 7.97. The van der Waals surface area contributed by atoms with E-state index in [2.05, 4.69) is 0 Å². The van der Waals surface area contributed by atoms with Gasteiger partial charge in [0, 0.05) is 17.4 Å². The van der Waals surface area contributed by atoms with Crippen LogP contribution in [0.5, 0.6) is 0 Å². The molecule has 1 aromatic carbocycles. The number of rotatable bonds is 7. The van der Waals surface area contributed by atoms with E-state index in [4.69, 9.17) is 4.74 Å². The smallest absolute Gasteiger partial charge is 0.335 e. The molecular formula is C24H34N2O7. The average Bonchev–Trinajstić information content (AvgIpc) is 2.73. The maximum Gasteiger partial charge on any atom is 0.335 e. The Balaban J connectivity index is 2.83. The van der Waals surface area contributed by atoms with E-state index in [1.807, 2.05) is 0 Å². The topological polar surface area (TPSA) is 124 Å². The van der Waals surface area contributed by atoms with Crippen LogP contribution in [0.25, 0.3) is 0 Å². The molecule has 182 valence electrons. The molecule has 2 amide bonds. The van der Waals surface area contributed by atoms with Gasteiger partial charge in [0.05, 0.1) is 6.61 Å². The van der Waals surface area contributed by atoms with Crippen molar-refractivity contribution in [2.75, 3.05) is 13.2 Å². The van der Waals surface area contributed by atoms with E-state index >= 15 is 0 Å². The predicted octanol–water partition coefficient (Wildman–Crippen LogP) is 2.34. The molecule has 33 heavy (non-hydrogen) atoms. The number of carboxylic acid groups (broad SMARTS) is 2. The van der Waals surface area contributed by atoms with Gasteiger partial charge in [-0.05, 0) is 19.8 Å². The third-order valence-electron chi connectivity index (χ3n) is 6.52. The fourth-order valence-electron chi connectivity index (χ4n) is 4.82. The van der Waals surface area contributed by atoms with Crippen LogP contribution in [-0.2, 0) is 25.7 Å². The largest absolute Gasteiger partial charge is 0.496 e. The predicted molar refractivity (Wildman–Crippen MR) is 117 cm³/mol. The van der Waals surface area contributed by atoms with Crippen molar-refractivity contribution in [1.29, 1.82) is 0 Å². The molecule has 0 aromatic heterocycles. The summed E-state index contributed by atoms with van der Waals surface area (Å²) < 4.78 is 4.02. The van der Waals surface area contributed by atoms with Gasteiger partial charge in [0.25, 0.3) is 12.0 Å². The number of hydrogen-bond acceptors (Lipinski definition) is 6. The van der Waals surface area contributed by atoms with Crippen LogP contribution in [0.1, 0.15) is 59.4 Å². The van der Waals surface area contributed by atoms with Gasteiger partial charge in [-0.15, -0.1) is 0 Å². The molecular weight excluding hydrogens is 428 g/mol. The maximum absolute atomic E-state index is 14.0. The second-order valence-electron chi connectivity index (χ2n) is 9.44. The highest BCUT2D eigenvalue weighted by Crippen LogP contribution is 2.47. The molecule has 1 aromatic rings. The number of carbonyl (C=O) groups is 4. The minimum atomic E-state index is -1.89. The van der Waals surface area contributed by atoms with Gasteiger partial charge >= 0.3 is 11.9 Å². The van der Waals surface area contributed by atoms with E-state index in [1.54, 1.807) is 65.0 Å². The Labute approximate surface area is 194 Å². The van der Waals surface area contributed by atoms with Gasteiger partial charge in [-0.1, -0.05) is 58.0 Å². The first-order valence-corrected chi connectivity index (χ1v) is 11.3. The molecule has 0 aliphatic carbocycles. The van der Waals surface area contributed by atoms with E-state index in [-0.39, 0.29) is 39.0 Å². The Kier molecular flexibility index (Phi) is 7.90. The van der Waals surface area contributed by atoms with Crippen molar-refractivity contribution >= 4 is 23.9 Å². The molecule has 1 N–H and O–H groups in total. The lowest BCUT2D eigenvalue weighted by atomic mass is 9.68. The van der Waals surface area contributed by atoms with Crippen molar-refractivity contribution in [3.8, 4) is 0 Å². The molecule has 9 nitrogen and oxygen atoms in total. The molecule has 1 fully saturated rings. The first-order chi connectivity index (χ1) is 15.4. The zero-order chi connectivity index (χ0) is 25.0. The van der Waals surface area contributed by atoms with Crippen LogP contribution < -0.4 is 5.11 Å². The van der Waals surface area contributed by atoms with Crippen molar-refractivity contribution in [1.82, 2.24) is 5.01 Å². The van der Waals surface area contributed by atoms with Gasteiger partial charge in [-0.3, -0.25) is 9.59 Å². The summed E-state index contributed by atoms with van der Waals surface area (Å²) in [5.41, 5.74) is -2.35. The number of aliphatic carboxylic acids is 1. The van der Waals surface area contributed by atoms with Crippen LogP contribution in [0.3, 0.4) is 0 Å². The number of ether oxygens (including phenoxy) is 1.